The van der Waals surface area contributed by atoms with Gasteiger partial charge in [-0.1, -0.05) is 48.5 Å². The van der Waals surface area contributed by atoms with Crippen molar-refractivity contribution in [3.8, 4) is 11.3 Å². The van der Waals surface area contributed by atoms with Crippen LogP contribution < -0.4 is 5.32 Å². The van der Waals surface area contributed by atoms with Gasteiger partial charge >= 0.3 is 5.97 Å². The highest BCUT2D eigenvalue weighted by Crippen LogP contribution is 2.27. The standard InChI is InChI=1S/C27H31N3O4/c1-33-27(32)24-25(34-19-29-24)22-10-5-6-11-23(22)26(31)28-14-7-15-30-16-12-21(13-17-30)18-20-8-3-2-4-9-20/h2-6,8-11,19,21H,7,12-18H2,1H3,(H,28,31). The number of nitrogens with zero attached hydrogens (tertiary/aromatic N) is 2. The summed E-state index contributed by atoms with van der Waals surface area (Å²) in [5.41, 5.74) is 2.43. The molecule has 7 nitrogen and oxygen atoms in total. The zero-order chi connectivity index (χ0) is 23.8. The van der Waals surface area contributed by atoms with Gasteiger partial charge in [0.2, 0.25) is 0 Å². The number of amides is 1. The SMILES string of the molecule is COC(=O)c1ncoc1-c1ccccc1C(=O)NCCCN1CCC(Cc2ccccc2)CC1. The van der Waals surface area contributed by atoms with Crippen molar-refractivity contribution in [3.05, 3.63) is 77.8 Å². The number of methoxy groups -OCH3 is 1. The minimum atomic E-state index is -0.605. The number of hydrogen-bond acceptors (Lipinski definition) is 6. The van der Waals surface area contributed by atoms with Crippen molar-refractivity contribution in [2.45, 2.75) is 25.7 Å². The Morgan fingerprint density at radius 1 is 1.09 bits per heavy atom. The highest BCUT2D eigenvalue weighted by Gasteiger charge is 2.23. The first-order valence-corrected chi connectivity index (χ1v) is 11.8. The average Bonchev–Trinajstić information content (AvgIpc) is 3.37. The first kappa shape index (κ1) is 23.7. The quantitative estimate of drug-likeness (QED) is 0.380. The van der Waals surface area contributed by atoms with E-state index < -0.39 is 5.97 Å². The number of nitrogens with one attached hydrogen (secondary N) is 1. The van der Waals surface area contributed by atoms with E-state index in [9.17, 15) is 9.59 Å². The zero-order valence-electron chi connectivity index (χ0n) is 19.5. The van der Waals surface area contributed by atoms with Crippen molar-refractivity contribution >= 4 is 11.9 Å². The Bertz CT molecular complexity index is 1090. The van der Waals surface area contributed by atoms with Crippen LogP contribution in [-0.2, 0) is 11.2 Å². The molecule has 3 aromatic rings. The lowest BCUT2D eigenvalue weighted by Crippen LogP contribution is -2.36. The van der Waals surface area contributed by atoms with Gasteiger partial charge in [-0.05, 0) is 62.9 Å². The van der Waals surface area contributed by atoms with E-state index in [1.807, 2.05) is 0 Å². The minimum Gasteiger partial charge on any atom is -0.464 e. The normalized spacial score (nSPS) is 14.6. The summed E-state index contributed by atoms with van der Waals surface area (Å²) in [6.45, 7) is 3.76. The second-order valence-corrected chi connectivity index (χ2v) is 8.65. The molecular weight excluding hydrogens is 430 g/mol. The Hall–Kier alpha value is -3.45. The summed E-state index contributed by atoms with van der Waals surface area (Å²) in [7, 11) is 1.28. The van der Waals surface area contributed by atoms with Crippen LogP contribution in [0, 0.1) is 5.92 Å². The van der Waals surface area contributed by atoms with E-state index in [1.54, 1.807) is 24.3 Å². The average molecular weight is 462 g/mol. The fraction of sp³-hybridized carbons (Fsp3) is 0.370. The maximum absolute atomic E-state index is 12.9. The van der Waals surface area contributed by atoms with Crippen LogP contribution in [0.2, 0.25) is 0 Å². The van der Waals surface area contributed by atoms with Crippen molar-refractivity contribution in [3.63, 3.8) is 0 Å². The highest BCUT2D eigenvalue weighted by atomic mass is 16.5. The number of rotatable bonds is 9. The molecule has 1 fully saturated rings. The number of esters is 1. The van der Waals surface area contributed by atoms with Crippen LogP contribution in [0.25, 0.3) is 11.3 Å². The molecule has 1 aromatic heterocycles. The van der Waals surface area contributed by atoms with E-state index >= 15 is 0 Å². The first-order chi connectivity index (χ1) is 16.7. The number of oxazole rings is 1. The second-order valence-electron chi connectivity index (χ2n) is 8.65. The summed E-state index contributed by atoms with van der Waals surface area (Å²) in [6, 6.07) is 17.7. The molecule has 0 saturated carbocycles. The number of aromatic nitrogens is 1. The lowest BCUT2D eigenvalue weighted by atomic mass is 9.90. The molecule has 0 atom stereocenters. The number of ether oxygens (including phenoxy) is 1. The Balaban J connectivity index is 1.24. The predicted molar refractivity (Wildman–Crippen MR) is 130 cm³/mol. The molecule has 0 bridgehead atoms. The summed E-state index contributed by atoms with van der Waals surface area (Å²) in [4.78, 5) is 31.3. The van der Waals surface area contributed by atoms with Crippen LogP contribution in [0.3, 0.4) is 0 Å². The number of hydrogen-bond donors (Lipinski definition) is 1. The van der Waals surface area contributed by atoms with Crippen LogP contribution in [0.1, 0.15) is 45.7 Å². The van der Waals surface area contributed by atoms with Crippen LogP contribution in [0.15, 0.2) is 65.4 Å². The fourth-order valence-electron chi connectivity index (χ4n) is 4.52. The van der Waals surface area contributed by atoms with Crippen LogP contribution in [-0.4, -0.2) is 55.0 Å². The molecule has 34 heavy (non-hydrogen) atoms. The van der Waals surface area contributed by atoms with Gasteiger partial charge in [-0.25, -0.2) is 9.78 Å². The van der Waals surface area contributed by atoms with E-state index in [-0.39, 0.29) is 17.4 Å². The van der Waals surface area contributed by atoms with Crippen LogP contribution >= 0.6 is 0 Å². The predicted octanol–water partition coefficient (Wildman–Crippen LogP) is 4.20. The van der Waals surface area contributed by atoms with Gasteiger partial charge in [0.05, 0.1) is 12.7 Å². The Morgan fingerprint density at radius 2 is 1.82 bits per heavy atom. The van der Waals surface area contributed by atoms with E-state index in [1.165, 1.54) is 31.9 Å². The van der Waals surface area contributed by atoms with Gasteiger partial charge in [0.15, 0.2) is 17.8 Å². The fourth-order valence-corrected chi connectivity index (χ4v) is 4.52. The van der Waals surface area contributed by atoms with Gasteiger partial charge in [0, 0.05) is 12.1 Å². The number of benzene rings is 2. The molecule has 4 rings (SSSR count). The van der Waals surface area contributed by atoms with Gasteiger partial charge in [0.1, 0.15) is 0 Å². The summed E-state index contributed by atoms with van der Waals surface area (Å²) in [5, 5.41) is 3.00. The molecule has 1 N–H and O–H groups in total. The second kappa shape index (κ2) is 11.6. The van der Waals surface area contributed by atoms with Gasteiger partial charge in [-0.3, -0.25) is 4.79 Å². The van der Waals surface area contributed by atoms with E-state index in [0.29, 0.717) is 17.7 Å². The third-order valence-electron chi connectivity index (χ3n) is 6.37. The molecule has 2 heterocycles. The molecule has 1 saturated heterocycles. The molecule has 1 aliphatic rings. The van der Waals surface area contributed by atoms with Gasteiger partial charge in [0.25, 0.3) is 5.91 Å². The molecule has 2 aromatic carbocycles. The number of carbonyl (C=O) groups excluding carboxylic acids is 2. The molecule has 0 spiro atoms. The highest BCUT2D eigenvalue weighted by molar-refractivity contribution is 6.03. The third kappa shape index (κ3) is 5.91. The minimum absolute atomic E-state index is 0.0541. The van der Waals surface area contributed by atoms with Crippen molar-refractivity contribution in [2.24, 2.45) is 5.92 Å². The summed E-state index contributed by atoms with van der Waals surface area (Å²) >= 11 is 0. The summed E-state index contributed by atoms with van der Waals surface area (Å²) in [5.74, 6) is 0.174. The van der Waals surface area contributed by atoms with Crippen LogP contribution in [0.5, 0.6) is 0 Å². The molecule has 0 aliphatic carbocycles. The number of piperidine rings is 1. The van der Waals surface area contributed by atoms with Crippen molar-refractivity contribution in [1.29, 1.82) is 0 Å². The molecule has 0 radical (unpaired) electrons. The van der Waals surface area contributed by atoms with E-state index in [2.05, 4.69) is 45.5 Å². The van der Waals surface area contributed by atoms with Gasteiger partial charge < -0.3 is 19.4 Å². The largest absolute Gasteiger partial charge is 0.464 e. The first-order valence-electron chi connectivity index (χ1n) is 11.8. The van der Waals surface area contributed by atoms with E-state index in [4.69, 9.17) is 9.15 Å². The molecule has 1 amide bonds. The van der Waals surface area contributed by atoms with E-state index in [0.717, 1.165) is 38.4 Å². The lowest BCUT2D eigenvalue weighted by Gasteiger charge is -2.32. The maximum atomic E-state index is 12.9. The Morgan fingerprint density at radius 3 is 2.59 bits per heavy atom. The maximum Gasteiger partial charge on any atom is 0.360 e. The Labute approximate surface area is 200 Å². The number of carbonyl (C=O) groups is 2. The monoisotopic (exact) mass is 461 g/mol. The lowest BCUT2D eigenvalue weighted by molar-refractivity contribution is 0.0595. The van der Waals surface area contributed by atoms with Crippen LogP contribution in [0.4, 0.5) is 0 Å². The molecule has 7 heteroatoms. The van der Waals surface area contributed by atoms with Crippen molar-refractivity contribution in [1.82, 2.24) is 15.2 Å². The smallest absolute Gasteiger partial charge is 0.360 e. The Kier molecular flexibility index (Phi) is 8.09. The summed E-state index contributed by atoms with van der Waals surface area (Å²) in [6.07, 6.45) is 5.65. The zero-order valence-corrected chi connectivity index (χ0v) is 19.5. The molecule has 0 unspecified atom stereocenters. The van der Waals surface area contributed by atoms with Crippen molar-refractivity contribution < 1.29 is 18.7 Å². The topological polar surface area (TPSA) is 84.7 Å². The molecule has 178 valence electrons. The molecule has 1 aliphatic heterocycles. The number of likely N-dealkylation sites (tertiary alicyclic amines) is 1. The third-order valence-corrected chi connectivity index (χ3v) is 6.37. The van der Waals surface area contributed by atoms with Crippen molar-refractivity contribution in [2.75, 3.05) is 33.3 Å². The van der Waals surface area contributed by atoms with Gasteiger partial charge in [-0.15, -0.1) is 0 Å². The van der Waals surface area contributed by atoms with Gasteiger partial charge in [-0.2, -0.15) is 0 Å². The summed E-state index contributed by atoms with van der Waals surface area (Å²) < 4.78 is 10.2. The molecular formula is C27H31N3O4.